The van der Waals surface area contributed by atoms with E-state index in [0.29, 0.717) is 6.54 Å². The van der Waals surface area contributed by atoms with E-state index < -0.39 is 0 Å². The highest BCUT2D eigenvalue weighted by atomic mass is 16.4. The van der Waals surface area contributed by atoms with Gasteiger partial charge in [-0.15, -0.1) is 0 Å². The molecule has 0 unspecified atom stereocenters. The van der Waals surface area contributed by atoms with E-state index in [1.165, 1.54) is 12.1 Å². The molecule has 0 aromatic carbocycles. The molecule has 0 bridgehead atoms. The summed E-state index contributed by atoms with van der Waals surface area (Å²) in [7, 11) is 0. The van der Waals surface area contributed by atoms with Crippen LogP contribution in [0.5, 0.6) is 0 Å². The summed E-state index contributed by atoms with van der Waals surface area (Å²) in [6, 6.07) is 4.34. The summed E-state index contributed by atoms with van der Waals surface area (Å²) < 4.78 is 0. The molecule has 1 aromatic heterocycles. The molecule has 1 rings (SSSR count). The van der Waals surface area contributed by atoms with Crippen LogP contribution in [0.25, 0.3) is 0 Å². The summed E-state index contributed by atoms with van der Waals surface area (Å²) >= 11 is 0. The molecule has 0 radical (unpaired) electrons. The number of pyridine rings is 1. The van der Waals surface area contributed by atoms with Gasteiger partial charge in [-0.1, -0.05) is 11.2 Å². The molecule has 1 heterocycles. The van der Waals surface area contributed by atoms with Gasteiger partial charge in [-0.2, -0.15) is 0 Å². The van der Waals surface area contributed by atoms with Crippen molar-refractivity contribution in [3.05, 3.63) is 34.2 Å². The molecule has 0 saturated carbocycles. The van der Waals surface area contributed by atoms with Crippen molar-refractivity contribution in [2.75, 3.05) is 6.54 Å². The number of aromatic amines is 1. The van der Waals surface area contributed by atoms with Crippen molar-refractivity contribution >= 4 is 11.7 Å². The zero-order valence-corrected chi connectivity index (χ0v) is 11.0. The van der Waals surface area contributed by atoms with E-state index in [4.69, 9.17) is 10.9 Å². The number of amides is 1. The Balaban J connectivity index is 2.87. The van der Waals surface area contributed by atoms with Crippen LogP contribution in [0.2, 0.25) is 0 Å². The Morgan fingerprint density at radius 2 is 2.21 bits per heavy atom. The highest BCUT2D eigenvalue weighted by Crippen LogP contribution is 2.06. The maximum atomic E-state index is 12.3. The second-order valence-electron chi connectivity index (χ2n) is 4.36. The van der Waals surface area contributed by atoms with Crippen molar-refractivity contribution in [2.24, 2.45) is 10.9 Å². The number of nitrogens with two attached hydrogens (primary N) is 1. The van der Waals surface area contributed by atoms with Gasteiger partial charge < -0.3 is 20.8 Å². The van der Waals surface area contributed by atoms with E-state index >= 15 is 0 Å². The zero-order valence-electron chi connectivity index (χ0n) is 11.0. The van der Waals surface area contributed by atoms with Crippen LogP contribution in [-0.4, -0.2) is 39.4 Å². The van der Waals surface area contributed by atoms with Crippen LogP contribution in [0.4, 0.5) is 0 Å². The Morgan fingerprint density at radius 1 is 1.53 bits per heavy atom. The molecule has 0 saturated heterocycles. The average Bonchev–Trinajstić information content (AvgIpc) is 2.38. The fourth-order valence-corrected chi connectivity index (χ4v) is 1.61. The summed E-state index contributed by atoms with van der Waals surface area (Å²) in [4.78, 5) is 27.5. The number of H-pyrrole nitrogens is 1. The third kappa shape index (κ3) is 4.13. The monoisotopic (exact) mass is 266 g/mol. The Labute approximate surface area is 110 Å². The fraction of sp³-hybridized carbons (Fsp3) is 0.417. The molecular weight excluding hydrogens is 248 g/mol. The van der Waals surface area contributed by atoms with Gasteiger partial charge in [0.25, 0.3) is 5.91 Å². The van der Waals surface area contributed by atoms with Crippen LogP contribution in [0.15, 0.2) is 28.1 Å². The first-order valence-electron chi connectivity index (χ1n) is 5.92. The quantitative estimate of drug-likeness (QED) is 0.309. The van der Waals surface area contributed by atoms with Crippen LogP contribution in [0, 0.1) is 0 Å². The Hall–Kier alpha value is -2.31. The van der Waals surface area contributed by atoms with E-state index in [2.05, 4.69) is 10.1 Å². The van der Waals surface area contributed by atoms with Crippen LogP contribution in [0.3, 0.4) is 0 Å². The van der Waals surface area contributed by atoms with Crippen molar-refractivity contribution in [1.29, 1.82) is 0 Å². The van der Waals surface area contributed by atoms with Crippen molar-refractivity contribution in [1.82, 2.24) is 9.88 Å². The average molecular weight is 266 g/mol. The van der Waals surface area contributed by atoms with Gasteiger partial charge in [0.15, 0.2) is 0 Å². The van der Waals surface area contributed by atoms with Crippen molar-refractivity contribution in [3.8, 4) is 0 Å². The molecule has 7 nitrogen and oxygen atoms in total. The van der Waals surface area contributed by atoms with E-state index in [-0.39, 0.29) is 35.5 Å². The Morgan fingerprint density at radius 3 is 2.74 bits per heavy atom. The third-order valence-corrected chi connectivity index (χ3v) is 2.62. The van der Waals surface area contributed by atoms with Gasteiger partial charge >= 0.3 is 0 Å². The van der Waals surface area contributed by atoms with Crippen LogP contribution in [0.1, 0.15) is 30.8 Å². The van der Waals surface area contributed by atoms with Gasteiger partial charge in [0, 0.05) is 25.1 Å². The minimum atomic E-state index is -0.328. The zero-order chi connectivity index (χ0) is 14.4. The van der Waals surface area contributed by atoms with Crippen LogP contribution in [-0.2, 0) is 0 Å². The largest absolute Gasteiger partial charge is 0.409 e. The van der Waals surface area contributed by atoms with E-state index in [1.807, 2.05) is 13.8 Å². The number of nitrogens with zero attached hydrogens (tertiary/aromatic N) is 2. The third-order valence-electron chi connectivity index (χ3n) is 2.62. The number of carbonyl (C=O) groups excluding carboxylic acids is 1. The summed E-state index contributed by atoms with van der Waals surface area (Å²) in [5.74, 6) is -0.238. The van der Waals surface area contributed by atoms with Crippen molar-refractivity contribution in [3.63, 3.8) is 0 Å². The summed E-state index contributed by atoms with van der Waals surface area (Å²) in [6.45, 7) is 4.01. The number of amidine groups is 1. The predicted molar refractivity (Wildman–Crippen MR) is 71.3 cm³/mol. The van der Waals surface area contributed by atoms with E-state index in [9.17, 15) is 9.59 Å². The Kier molecular flexibility index (Phi) is 5.11. The lowest BCUT2D eigenvalue weighted by Crippen LogP contribution is -2.40. The maximum Gasteiger partial charge on any atom is 0.270 e. The summed E-state index contributed by atoms with van der Waals surface area (Å²) in [6.07, 6.45) is 0.261. The number of hydrogen-bond acceptors (Lipinski definition) is 4. The normalized spacial score (nSPS) is 11.6. The predicted octanol–water partition coefficient (Wildman–Crippen LogP) is 0.362. The number of oxime groups is 1. The molecule has 1 aromatic rings. The van der Waals surface area contributed by atoms with Gasteiger partial charge in [-0.25, -0.2) is 0 Å². The smallest absolute Gasteiger partial charge is 0.270 e. The van der Waals surface area contributed by atoms with Gasteiger partial charge in [-0.05, 0) is 19.9 Å². The molecule has 0 fully saturated rings. The standard InChI is InChI=1S/C12H18N4O3/c1-8(2)16(7-6-10(13)15-19)12(18)9-4-3-5-11(17)14-9/h3-5,8,19H,6-7H2,1-2H3,(H2,13,15)(H,14,17). The molecule has 4 N–H and O–H groups in total. The molecule has 1 amide bonds. The number of hydrogen-bond donors (Lipinski definition) is 3. The first-order chi connectivity index (χ1) is 8.95. The van der Waals surface area contributed by atoms with Gasteiger partial charge in [-0.3, -0.25) is 9.59 Å². The molecule has 0 aliphatic rings. The molecule has 0 atom stereocenters. The summed E-state index contributed by atoms with van der Waals surface area (Å²) in [5.41, 5.74) is 5.28. The van der Waals surface area contributed by atoms with Crippen molar-refractivity contribution < 1.29 is 10.0 Å². The summed E-state index contributed by atoms with van der Waals surface area (Å²) in [5, 5.41) is 11.4. The molecule has 0 aliphatic carbocycles. The number of carbonyl (C=O) groups is 1. The minimum Gasteiger partial charge on any atom is -0.409 e. The van der Waals surface area contributed by atoms with E-state index in [0.717, 1.165) is 0 Å². The number of rotatable bonds is 5. The highest BCUT2D eigenvalue weighted by molar-refractivity contribution is 5.92. The molecular formula is C12H18N4O3. The number of nitrogens with one attached hydrogen (secondary N) is 1. The first kappa shape index (κ1) is 14.7. The van der Waals surface area contributed by atoms with Gasteiger partial charge in [0.1, 0.15) is 11.5 Å². The maximum absolute atomic E-state index is 12.3. The fourth-order valence-electron chi connectivity index (χ4n) is 1.61. The molecule has 19 heavy (non-hydrogen) atoms. The van der Waals surface area contributed by atoms with Gasteiger partial charge in [0.2, 0.25) is 5.56 Å². The molecule has 104 valence electrons. The lowest BCUT2D eigenvalue weighted by molar-refractivity contribution is 0.0704. The lowest BCUT2D eigenvalue weighted by Gasteiger charge is -2.26. The topological polar surface area (TPSA) is 112 Å². The van der Waals surface area contributed by atoms with Crippen molar-refractivity contribution in [2.45, 2.75) is 26.3 Å². The second kappa shape index (κ2) is 6.58. The molecule has 0 aliphatic heterocycles. The highest BCUT2D eigenvalue weighted by Gasteiger charge is 2.19. The van der Waals surface area contributed by atoms with Crippen LogP contribution < -0.4 is 11.3 Å². The SMILES string of the molecule is CC(C)N(CC/C(N)=N/O)C(=O)c1cccc(=O)[nH]1. The van der Waals surface area contributed by atoms with Crippen LogP contribution >= 0.6 is 0 Å². The first-order valence-corrected chi connectivity index (χ1v) is 5.92. The molecule has 7 heteroatoms. The van der Waals surface area contributed by atoms with Gasteiger partial charge in [0.05, 0.1) is 0 Å². The molecule has 0 spiro atoms. The Bertz CT molecular complexity index is 522. The number of aromatic nitrogens is 1. The minimum absolute atomic E-state index is 0.0556. The van der Waals surface area contributed by atoms with E-state index in [1.54, 1.807) is 11.0 Å². The lowest BCUT2D eigenvalue weighted by atomic mass is 10.2. The second-order valence-corrected chi connectivity index (χ2v) is 4.36.